The molecular weight excluding hydrogens is 400 g/mol. The Kier molecular flexibility index (Phi) is 11.8. The first-order valence-corrected chi connectivity index (χ1v) is 11.7. The number of ether oxygens (including phenoxy) is 1. The quantitative estimate of drug-likeness (QED) is 0.164. The summed E-state index contributed by atoms with van der Waals surface area (Å²) in [6.45, 7) is 6.42. The number of unbranched alkanes of at least 4 members (excludes halogenated alkanes) is 6. The molecule has 0 radical (unpaired) electrons. The summed E-state index contributed by atoms with van der Waals surface area (Å²) in [6.07, 6.45) is 10.6. The van der Waals surface area contributed by atoms with Gasteiger partial charge in [0.1, 0.15) is 5.75 Å². The van der Waals surface area contributed by atoms with Crippen LogP contribution in [0.25, 0.3) is 0 Å². The normalized spacial score (nSPS) is 11.0. The predicted molar refractivity (Wildman–Crippen MR) is 130 cm³/mol. The maximum Gasteiger partial charge on any atom is 0.330 e. The molecule has 172 valence electrons. The second-order valence-electron chi connectivity index (χ2n) is 8.09. The first-order chi connectivity index (χ1) is 15.6. The SMILES string of the molecule is C=C(CCCCCCOc1ccc(N=Nc2ccc(CCCCCC)cc2)cc1)C(=O)O. The average Bonchev–Trinajstić information content (AvgIpc) is 2.81. The van der Waals surface area contributed by atoms with Crippen molar-refractivity contribution in [1.29, 1.82) is 0 Å². The maximum absolute atomic E-state index is 10.7. The highest BCUT2D eigenvalue weighted by Gasteiger charge is 2.03. The van der Waals surface area contributed by atoms with Crippen molar-refractivity contribution in [2.24, 2.45) is 10.2 Å². The van der Waals surface area contributed by atoms with Crippen LogP contribution in [0.3, 0.4) is 0 Å². The topological polar surface area (TPSA) is 71.2 Å². The van der Waals surface area contributed by atoms with E-state index >= 15 is 0 Å². The Morgan fingerprint density at radius 1 is 0.844 bits per heavy atom. The van der Waals surface area contributed by atoms with Gasteiger partial charge in [-0.1, -0.05) is 57.7 Å². The molecule has 0 fully saturated rings. The van der Waals surface area contributed by atoms with Gasteiger partial charge in [-0.2, -0.15) is 10.2 Å². The van der Waals surface area contributed by atoms with Crippen molar-refractivity contribution in [3.05, 3.63) is 66.2 Å². The van der Waals surface area contributed by atoms with Gasteiger partial charge >= 0.3 is 5.97 Å². The van der Waals surface area contributed by atoms with Gasteiger partial charge in [-0.05, 0) is 74.1 Å². The zero-order valence-electron chi connectivity index (χ0n) is 19.3. The Balaban J connectivity index is 1.65. The summed E-state index contributed by atoms with van der Waals surface area (Å²) < 4.78 is 5.77. The Hall–Kier alpha value is -2.95. The molecule has 2 aromatic rings. The lowest BCUT2D eigenvalue weighted by Gasteiger charge is -2.06. The number of hydrogen-bond donors (Lipinski definition) is 1. The molecule has 0 amide bonds. The molecule has 0 spiro atoms. The average molecular weight is 437 g/mol. The third kappa shape index (κ3) is 10.4. The van der Waals surface area contributed by atoms with Gasteiger partial charge in [-0.25, -0.2) is 4.79 Å². The fourth-order valence-corrected chi connectivity index (χ4v) is 3.30. The molecule has 2 rings (SSSR count). The zero-order chi connectivity index (χ0) is 23.0. The molecule has 32 heavy (non-hydrogen) atoms. The van der Waals surface area contributed by atoms with Crippen molar-refractivity contribution < 1.29 is 14.6 Å². The lowest BCUT2D eigenvalue weighted by molar-refractivity contribution is -0.132. The van der Waals surface area contributed by atoms with Crippen LogP contribution in [0.5, 0.6) is 5.75 Å². The molecule has 0 aliphatic rings. The molecule has 5 nitrogen and oxygen atoms in total. The Labute approximate surface area is 192 Å². The van der Waals surface area contributed by atoms with Gasteiger partial charge in [0.25, 0.3) is 0 Å². The molecule has 0 aliphatic carbocycles. The molecular formula is C27H36N2O3. The summed E-state index contributed by atoms with van der Waals surface area (Å²) in [4.78, 5) is 10.7. The van der Waals surface area contributed by atoms with E-state index in [0.717, 1.165) is 49.2 Å². The first-order valence-electron chi connectivity index (χ1n) is 11.7. The Morgan fingerprint density at radius 2 is 1.44 bits per heavy atom. The van der Waals surface area contributed by atoms with Gasteiger partial charge in [0.2, 0.25) is 0 Å². The molecule has 2 aromatic carbocycles. The van der Waals surface area contributed by atoms with E-state index in [4.69, 9.17) is 9.84 Å². The standard InChI is InChI=1S/C27H36N2O3/c1-3-4-5-9-12-23-13-15-24(16-14-23)28-29-25-17-19-26(20-18-25)32-21-10-7-6-8-11-22(2)27(30)31/h13-20H,2-12,21H2,1H3,(H,30,31). The van der Waals surface area contributed by atoms with Gasteiger partial charge in [0.05, 0.1) is 18.0 Å². The van der Waals surface area contributed by atoms with Crippen LogP contribution >= 0.6 is 0 Å². The number of nitrogens with zero attached hydrogens (tertiary/aromatic N) is 2. The number of carboxylic acids is 1. The van der Waals surface area contributed by atoms with Crippen molar-refractivity contribution in [3.8, 4) is 5.75 Å². The number of hydrogen-bond acceptors (Lipinski definition) is 4. The fraction of sp³-hybridized carbons (Fsp3) is 0.444. The van der Waals surface area contributed by atoms with Gasteiger partial charge in [-0.3, -0.25) is 0 Å². The van der Waals surface area contributed by atoms with Gasteiger partial charge in [-0.15, -0.1) is 0 Å². The Morgan fingerprint density at radius 3 is 2.06 bits per heavy atom. The monoisotopic (exact) mass is 436 g/mol. The van der Waals surface area contributed by atoms with Crippen molar-refractivity contribution in [1.82, 2.24) is 0 Å². The molecule has 0 aliphatic heterocycles. The highest BCUT2D eigenvalue weighted by atomic mass is 16.5. The third-order valence-electron chi connectivity index (χ3n) is 5.32. The summed E-state index contributed by atoms with van der Waals surface area (Å²) in [5.41, 5.74) is 3.29. The van der Waals surface area contributed by atoms with Crippen LogP contribution in [0.2, 0.25) is 0 Å². The van der Waals surface area contributed by atoms with E-state index in [2.05, 4.69) is 35.9 Å². The molecule has 1 N–H and O–H groups in total. The van der Waals surface area contributed by atoms with Crippen LogP contribution < -0.4 is 4.74 Å². The lowest BCUT2D eigenvalue weighted by Crippen LogP contribution is -1.99. The van der Waals surface area contributed by atoms with Crippen molar-refractivity contribution in [3.63, 3.8) is 0 Å². The first kappa shape index (κ1) is 25.3. The summed E-state index contributed by atoms with van der Waals surface area (Å²) in [6, 6.07) is 15.9. The van der Waals surface area contributed by atoms with Crippen LogP contribution in [-0.4, -0.2) is 17.7 Å². The highest BCUT2D eigenvalue weighted by Crippen LogP contribution is 2.22. The number of azo groups is 1. The van der Waals surface area contributed by atoms with Crippen LogP contribution in [0.4, 0.5) is 11.4 Å². The fourth-order valence-electron chi connectivity index (χ4n) is 3.30. The van der Waals surface area contributed by atoms with E-state index in [1.807, 2.05) is 36.4 Å². The van der Waals surface area contributed by atoms with Crippen LogP contribution in [0, 0.1) is 0 Å². The number of rotatable bonds is 16. The minimum atomic E-state index is -0.901. The van der Waals surface area contributed by atoms with E-state index in [1.165, 1.54) is 31.2 Å². The van der Waals surface area contributed by atoms with Gasteiger partial charge in [0, 0.05) is 5.57 Å². The molecule has 0 atom stereocenters. The summed E-state index contributed by atoms with van der Waals surface area (Å²) >= 11 is 0. The van der Waals surface area contributed by atoms with Crippen molar-refractivity contribution in [2.45, 2.75) is 71.1 Å². The molecule has 5 heteroatoms. The summed E-state index contributed by atoms with van der Waals surface area (Å²) in [5, 5.41) is 17.4. The largest absolute Gasteiger partial charge is 0.494 e. The van der Waals surface area contributed by atoms with E-state index < -0.39 is 5.97 Å². The minimum Gasteiger partial charge on any atom is -0.494 e. The molecule has 0 bridgehead atoms. The predicted octanol–water partition coefficient (Wildman–Crippen LogP) is 8.19. The minimum absolute atomic E-state index is 0.285. The highest BCUT2D eigenvalue weighted by molar-refractivity contribution is 5.85. The van der Waals surface area contributed by atoms with Crippen LogP contribution in [0.15, 0.2) is 70.9 Å². The molecule has 0 aromatic heterocycles. The third-order valence-corrected chi connectivity index (χ3v) is 5.32. The number of aryl methyl sites for hydroxylation is 1. The molecule has 0 heterocycles. The number of carbonyl (C=O) groups is 1. The smallest absolute Gasteiger partial charge is 0.330 e. The van der Waals surface area contributed by atoms with E-state index in [-0.39, 0.29) is 5.57 Å². The number of benzene rings is 2. The van der Waals surface area contributed by atoms with E-state index in [0.29, 0.717) is 13.0 Å². The van der Waals surface area contributed by atoms with Crippen LogP contribution in [-0.2, 0) is 11.2 Å². The number of aliphatic carboxylic acids is 1. The zero-order valence-corrected chi connectivity index (χ0v) is 19.3. The second kappa shape index (κ2) is 15.0. The molecule has 0 saturated heterocycles. The Bertz CT molecular complexity index is 842. The molecule has 0 unspecified atom stereocenters. The van der Waals surface area contributed by atoms with E-state index in [1.54, 1.807) is 0 Å². The summed E-state index contributed by atoms with van der Waals surface area (Å²) in [5.74, 6) is -0.0852. The summed E-state index contributed by atoms with van der Waals surface area (Å²) in [7, 11) is 0. The number of carboxylic acid groups (broad SMARTS) is 1. The van der Waals surface area contributed by atoms with Crippen molar-refractivity contribution >= 4 is 17.3 Å². The lowest BCUT2D eigenvalue weighted by atomic mass is 10.1. The van der Waals surface area contributed by atoms with Gasteiger partial charge < -0.3 is 9.84 Å². The van der Waals surface area contributed by atoms with Crippen molar-refractivity contribution in [2.75, 3.05) is 6.61 Å². The maximum atomic E-state index is 10.7. The van der Waals surface area contributed by atoms with Gasteiger partial charge in [0.15, 0.2) is 0 Å². The van der Waals surface area contributed by atoms with Crippen LogP contribution in [0.1, 0.15) is 70.3 Å². The second-order valence-corrected chi connectivity index (χ2v) is 8.09. The molecule has 0 saturated carbocycles. The van der Waals surface area contributed by atoms with E-state index in [9.17, 15) is 4.79 Å².